The van der Waals surface area contributed by atoms with Crippen molar-refractivity contribution in [2.75, 3.05) is 13.7 Å². The Morgan fingerprint density at radius 2 is 1.83 bits per heavy atom. The van der Waals surface area contributed by atoms with Gasteiger partial charge in [-0.2, -0.15) is 0 Å². The molecule has 0 radical (unpaired) electrons. The molecule has 148 valence electrons. The van der Waals surface area contributed by atoms with Crippen LogP contribution >= 0.6 is 0 Å². The van der Waals surface area contributed by atoms with Crippen LogP contribution in [-0.4, -0.2) is 52.5 Å². The molecule has 1 saturated heterocycles. The van der Waals surface area contributed by atoms with E-state index in [0.29, 0.717) is 11.0 Å². The largest absolute Gasteiger partial charge is 0.485 e. The number of carbonyl (C=O) groups excluding carboxylic acids is 2. The van der Waals surface area contributed by atoms with Crippen LogP contribution in [-0.2, 0) is 9.53 Å². The Balaban J connectivity index is 1.59. The van der Waals surface area contributed by atoms with Crippen LogP contribution in [0.5, 0.6) is 5.75 Å². The van der Waals surface area contributed by atoms with E-state index in [1.165, 1.54) is 30.3 Å². The molecule has 1 aliphatic rings. The molecule has 3 aromatic rings. The molecule has 0 N–H and O–H groups in total. The highest BCUT2D eigenvalue weighted by Crippen LogP contribution is 2.27. The normalized spacial score (nSPS) is 18.6. The summed E-state index contributed by atoms with van der Waals surface area (Å²) in [5.74, 6) is -1.46. The Morgan fingerprint density at radius 3 is 2.59 bits per heavy atom. The number of halogens is 1. The van der Waals surface area contributed by atoms with E-state index in [-0.39, 0.29) is 24.4 Å². The van der Waals surface area contributed by atoms with E-state index < -0.39 is 29.8 Å². The number of rotatable bonds is 4. The summed E-state index contributed by atoms with van der Waals surface area (Å²) in [6.45, 7) is 0.0987. The molecule has 29 heavy (non-hydrogen) atoms. The summed E-state index contributed by atoms with van der Waals surface area (Å²) in [6, 6.07) is 12.3. The van der Waals surface area contributed by atoms with Gasteiger partial charge in [-0.15, -0.1) is 0 Å². The van der Waals surface area contributed by atoms with E-state index >= 15 is 0 Å². The number of ether oxygens (including phenoxy) is 2. The van der Waals surface area contributed by atoms with E-state index in [1.54, 1.807) is 30.3 Å². The zero-order chi connectivity index (χ0) is 20.4. The quantitative estimate of drug-likeness (QED) is 0.632. The Labute approximate surface area is 166 Å². The maximum absolute atomic E-state index is 13.9. The van der Waals surface area contributed by atoms with Gasteiger partial charge in [0.05, 0.1) is 30.9 Å². The number of benzene rings is 2. The van der Waals surface area contributed by atoms with Crippen molar-refractivity contribution in [2.45, 2.75) is 18.6 Å². The number of carbonyl (C=O) groups is 2. The van der Waals surface area contributed by atoms with Crippen LogP contribution in [0.15, 0.2) is 54.7 Å². The summed E-state index contributed by atoms with van der Waals surface area (Å²) in [7, 11) is 1.26. The third kappa shape index (κ3) is 3.73. The molecule has 8 heteroatoms. The van der Waals surface area contributed by atoms with Crippen LogP contribution in [0, 0.1) is 5.82 Å². The van der Waals surface area contributed by atoms with Crippen LogP contribution in [0.3, 0.4) is 0 Å². The number of para-hydroxylation sites is 3. The lowest BCUT2D eigenvalue weighted by molar-refractivity contribution is -0.145. The predicted molar refractivity (Wildman–Crippen MR) is 102 cm³/mol. The van der Waals surface area contributed by atoms with E-state index in [2.05, 4.69) is 9.97 Å². The molecule has 2 aromatic carbocycles. The van der Waals surface area contributed by atoms with E-state index in [1.807, 2.05) is 6.07 Å². The summed E-state index contributed by atoms with van der Waals surface area (Å²) >= 11 is 0. The van der Waals surface area contributed by atoms with Gasteiger partial charge in [0.15, 0.2) is 11.6 Å². The second-order valence-electron chi connectivity index (χ2n) is 6.65. The van der Waals surface area contributed by atoms with Gasteiger partial charge >= 0.3 is 5.97 Å². The number of likely N-dealkylation sites (tertiary alicyclic amines) is 1. The minimum atomic E-state index is -0.849. The maximum atomic E-state index is 13.9. The highest BCUT2D eigenvalue weighted by atomic mass is 19.1. The van der Waals surface area contributed by atoms with Gasteiger partial charge in [-0.1, -0.05) is 24.3 Å². The lowest BCUT2D eigenvalue weighted by Gasteiger charge is -2.21. The summed E-state index contributed by atoms with van der Waals surface area (Å²) in [4.78, 5) is 35.3. The van der Waals surface area contributed by atoms with Crippen LogP contribution in [0.1, 0.15) is 16.9 Å². The summed E-state index contributed by atoms with van der Waals surface area (Å²) in [6.07, 6.45) is 1.01. The summed E-state index contributed by atoms with van der Waals surface area (Å²) in [5, 5.41) is 0. The minimum Gasteiger partial charge on any atom is -0.485 e. The molecule has 1 aromatic heterocycles. The van der Waals surface area contributed by atoms with Crippen LogP contribution in [0.2, 0.25) is 0 Å². The molecule has 7 nitrogen and oxygen atoms in total. The van der Waals surface area contributed by atoms with Crippen molar-refractivity contribution in [1.82, 2.24) is 14.9 Å². The number of amides is 1. The van der Waals surface area contributed by atoms with Crippen molar-refractivity contribution in [2.24, 2.45) is 0 Å². The molecular weight excluding hydrogens is 377 g/mol. The number of hydrogen-bond acceptors (Lipinski definition) is 6. The number of methoxy groups -OCH3 is 1. The van der Waals surface area contributed by atoms with Crippen LogP contribution < -0.4 is 4.74 Å². The number of nitrogens with zero attached hydrogens (tertiary/aromatic N) is 3. The molecule has 2 heterocycles. The lowest BCUT2D eigenvalue weighted by atomic mass is 10.2. The monoisotopic (exact) mass is 395 g/mol. The molecule has 1 aliphatic heterocycles. The first-order valence-corrected chi connectivity index (χ1v) is 9.08. The fourth-order valence-corrected chi connectivity index (χ4v) is 3.39. The SMILES string of the molecule is COC(=O)C1CC(Oc2ccccc2F)CN1C(=O)c1cnc2ccccc2n1. The predicted octanol–water partition coefficient (Wildman–Crippen LogP) is 2.60. The smallest absolute Gasteiger partial charge is 0.328 e. The van der Waals surface area contributed by atoms with Crippen LogP contribution in [0.25, 0.3) is 11.0 Å². The second-order valence-corrected chi connectivity index (χ2v) is 6.65. The van der Waals surface area contributed by atoms with E-state index in [9.17, 15) is 14.0 Å². The molecule has 1 amide bonds. The van der Waals surface area contributed by atoms with Gasteiger partial charge in [0.25, 0.3) is 5.91 Å². The van der Waals surface area contributed by atoms with Gasteiger partial charge < -0.3 is 14.4 Å². The molecule has 2 unspecified atom stereocenters. The van der Waals surface area contributed by atoms with Crippen molar-refractivity contribution >= 4 is 22.9 Å². The maximum Gasteiger partial charge on any atom is 0.328 e. The first-order valence-electron chi connectivity index (χ1n) is 9.08. The highest BCUT2D eigenvalue weighted by Gasteiger charge is 2.42. The average molecular weight is 395 g/mol. The third-order valence-electron chi connectivity index (χ3n) is 4.79. The molecule has 0 bridgehead atoms. The number of aromatic nitrogens is 2. The van der Waals surface area contributed by atoms with Gasteiger partial charge in [0.1, 0.15) is 17.8 Å². The molecular formula is C21H18FN3O4. The molecule has 4 rings (SSSR count). The second kappa shape index (κ2) is 7.83. The molecule has 2 atom stereocenters. The standard InChI is InChI=1S/C21H18FN3O4/c1-28-21(27)18-10-13(29-19-9-5-2-6-14(19)22)12-25(18)20(26)17-11-23-15-7-3-4-8-16(15)24-17/h2-9,11,13,18H,10,12H2,1H3. The highest BCUT2D eigenvalue weighted by molar-refractivity contribution is 5.96. The Morgan fingerprint density at radius 1 is 1.10 bits per heavy atom. The van der Waals surface area contributed by atoms with Crippen molar-refractivity contribution < 1.29 is 23.5 Å². The van der Waals surface area contributed by atoms with E-state index in [4.69, 9.17) is 9.47 Å². The van der Waals surface area contributed by atoms with Crippen molar-refractivity contribution in [3.8, 4) is 5.75 Å². The van der Waals surface area contributed by atoms with Crippen molar-refractivity contribution in [1.29, 1.82) is 0 Å². The molecule has 1 fully saturated rings. The number of hydrogen-bond donors (Lipinski definition) is 0. The van der Waals surface area contributed by atoms with Gasteiger partial charge in [0.2, 0.25) is 0 Å². The summed E-state index contributed by atoms with van der Waals surface area (Å²) < 4.78 is 24.5. The van der Waals surface area contributed by atoms with Crippen LogP contribution in [0.4, 0.5) is 4.39 Å². The average Bonchev–Trinajstić information content (AvgIpc) is 3.17. The van der Waals surface area contributed by atoms with Crippen molar-refractivity contribution in [3.05, 3.63) is 66.2 Å². The number of fused-ring (bicyclic) bond motifs is 1. The Hall–Kier alpha value is -3.55. The number of esters is 1. The zero-order valence-corrected chi connectivity index (χ0v) is 15.6. The fraction of sp³-hybridized carbons (Fsp3) is 0.238. The first kappa shape index (κ1) is 18.8. The summed E-state index contributed by atoms with van der Waals surface area (Å²) in [5.41, 5.74) is 1.35. The lowest BCUT2D eigenvalue weighted by Crippen LogP contribution is -2.41. The van der Waals surface area contributed by atoms with Gasteiger partial charge in [-0.25, -0.2) is 14.2 Å². The van der Waals surface area contributed by atoms with Gasteiger partial charge in [-0.3, -0.25) is 9.78 Å². The Kier molecular flexibility index (Phi) is 5.07. The van der Waals surface area contributed by atoms with Crippen molar-refractivity contribution in [3.63, 3.8) is 0 Å². The van der Waals surface area contributed by atoms with Gasteiger partial charge in [0, 0.05) is 6.42 Å². The minimum absolute atomic E-state index is 0.0703. The van der Waals surface area contributed by atoms with Gasteiger partial charge in [-0.05, 0) is 24.3 Å². The zero-order valence-electron chi connectivity index (χ0n) is 15.6. The fourth-order valence-electron chi connectivity index (χ4n) is 3.39. The topological polar surface area (TPSA) is 81.6 Å². The Bertz CT molecular complexity index is 1070. The molecule has 0 saturated carbocycles. The molecule has 0 aliphatic carbocycles. The third-order valence-corrected chi connectivity index (χ3v) is 4.79. The first-order chi connectivity index (χ1) is 14.1. The molecule has 0 spiro atoms. The van der Waals surface area contributed by atoms with E-state index in [0.717, 1.165) is 0 Å².